The summed E-state index contributed by atoms with van der Waals surface area (Å²) in [5, 5.41) is 3.39. The van der Waals surface area contributed by atoms with Gasteiger partial charge in [-0.3, -0.25) is 0 Å². The van der Waals surface area contributed by atoms with Gasteiger partial charge in [0, 0.05) is 18.4 Å². The van der Waals surface area contributed by atoms with E-state index in [2.05, 4.69) is 31.8 Å². The van der Waals surface area contributed by atoms with Crippen LogP contribution in [0.5, 0.6) is 0 Å². The maximum atomic E-state index is 5.34. The first kappa shape index (κ1) is 15.2. The van der Waals surface area contributed by atoms with Crippen LogP contribution >= 0.6 is 0 Å². The molecule has 3 rings (SSSR count). The minimum Gasteiger partial charge on any atom is -0.379 e. The molecular weight excluding hydrogens is 290 g/mol. The Morgan fingerprint density at radius 1 is 1.30 bits per heavy atom. The van der Waals surface area contributed by atoms with E-state index in [1.54, 1.807) is 13.3 Å². The summed E-state index contributed by atoms with van der Waals surface area (Å²) in [6.07, 6.45) is 5.10. The van der Waals surface area contributed by atoms with Gasteiger partial charge in [0.15, 0.2) is 5.65 Å². The fourth-order valence-corrected chi connectivity index (χ4v) is 2.33. The van der Waals surface area contributed by atoms with Gasteiger partial charge in [-0.05, 0) is 31.2 Å². The maximum absolute atomic E-state index is 5.34. The molecule has 0 spiro atoms. The molecule has 2 aromatic heterocycles. The van der Waals surface area contributed by atoms with Crippen molar-refractivity contribution in [2.45, 2.75) is 19.1 Å². The Bertz CT molecular complexity index is 763. The number of benzene rings is 1. The van der Waals surface area contributed by atoms with E-state index in [0.29, 0.717) is 5.65 Å². The van der Waals surface area contributed by atoms with Crippen LogP contribution in [-0.2, 0) is 4.74 Å². The molecule has 2 heterocycles. The number of rotatable bonds is 6. The van der Waals surface area contributed by atoms with Crippen molar-refractivity contribution in [1.29, 1.82) is 0 Å². The standard InChI is InChI=1S/C17H19N5O/c1-4-14(11(2)23-3)20-13-7-5-12(6-8-13)16-21-15-9-18-10-19-17(15)22-16/h4-11,14,20H,1H2,2-3H3,(H,18,19,21,22). The molecule has 0 saturated carbocycles. The zero-order chi connectivity index (χ0) is 16.2. The van der Waals surface area contributed by atoms with Crippen LogP contribution in [-0.4, -0.2) is 39.2 Å². The van der Waals surface area contributed by atoms with E-state index >= 15 is 0 Å². The average molecular weight is 309 g/mol. The van der Waals surface area contributed by atoms with Crippen molar-refractivity contribution in [2.24, 2.45) is 0 Å². The maximum Gasteiger partial charge on any atom is 0.181 e. The highest BCUT2D eigenvalue weighted by Crippen LogP contribution is 2.21. The lowest BCUT2D eigenvalue weighted by Crippen LogP contribution is -2.30. The van der Waals surface area contributed by atoms with Gasteiger partial charge in [0.2, 0.25) is 0 Å². The third-order valence-corrected chi connectivity index (χ3v) is 3.79. The fraction of sp³-hybridized carbons (Fsp3) is 0.235. The minimum atomic E-state index is 0.0427. The smallest absolute Gasteiger partial charge is 0.181 e. The number of aromatic nitrogens is 4. The molecule has 6 nitrogen and oxygen atoms in total. The molecule has 0 fully saturated rings. The Labute approximate surface area is 134 Å². The molecule has 118 valence electrons. The number of nitrogens with zero attached hydrogens (tertiary/aromatic N) is 3. The molecule has 0 radical (unpaired) electrons. The van der Waals surface area contributed by atoms with Crippen LogP contribution in [0.4, 0.5) is 5.69 Å². The predicted molar refractivity (Wildman–Crippen MR) is 91.2 cm³/mol. The minimum absolute atomic E-state index is 0.0427. The van der Waals surface area contributed by atoms with Crippen molar-refractivity contribution in [2.75, 3.05) is 12.4 Å². The second-order valence-corrected chi connectivity index (χ2v) is 5.27. The Balaban J connectivity index is 1.80. The third kappa shape index (κ3) is 3.22. The molecule has 6 heteroatoms. The van der Waals surface area contributed by atoms with E-state index in [9.17, 15) is 0 Å². The lowest BCUT2D eigenvalue weighted by atomic mass is 10.1. The van der Waals surface area contributed by atoms with Crippen LogP contribution < -0.4 is 5.32 Å². The van der Waals surface area contributed by atoms with Crippen LogP contribution in [0.3, 0.4) is 0 Å². The van der Waals surface area contributed by atoms with Gasteiger partial charge < -0.3 is 15.0 Å². The summed E-state index contributed by atoms with van der Waals surface area (Å²) in [6, 6.07) is 8.07. The molecule has 2 atom stereocenters. The van der Waals surface area contributed by atoms with Gasteiger partial charge in [-0.25, -0.2) is 15.0 Å². The number of ether oxygens (including phenoxy) is 1. The van der Waals surface area contributed by atoms with Crippen molar-refractivity contribution in [3.8, 4) is 11.4 Å². The topological polar surface area (TPSA) is 75.7 Å². The molecule has 1 aromatic carbocycles. The lowest BCUT2D eigenvalue weighted by molar-refractivity contribution is 0.113. The van der Waals surface area contributed by atoms with E-state index in [4.69, 9.17) is 4.74 Å². The molecule has 2 N–H and O–H groups in total. The van der Waals surface area contributed by atoms with Crippen molar-refractivity contribution < 1.29 is 4.74 Å². The average Bonchev–Trinajstić information content (AvgIpc) is 3.03. The van der Waals surface area contributed by atoms with Gasteiger partial charge in [0.25, 0.3) is 0 Å². The molecule has 0 aliphatic heterocycles. The highest BCUT2D eigenvalue weighted by molar-refractivity contribution is 5.75. The van der Waals surface area contributed by atoms with E-state index < -0.39 is 0 Å². The van der Waals surface area contributed by atoms with Gasteiger partial charge in [0.05, 0.1) is 18.3 Å². The predicted octanol–water partition coefficient (Wildman–Crippen LogP) is 3.02. The first-order valence-corrected chi connectivity index (χ1v) is 7.39. The second kappa shape index (κ2) is 6.58. The zero-order valence-electron chi connectivity index (χ0n) is 13.2. The third-order valence-electron chi connectivity index (χ3n) is 3.79. The zero-order valence-corrected chi connectivity index (χ0v) is 13.2. The lowest BCUT2D eigenvalue weighted by Gasteiger charge is -2.21. The van der Waals surface area contributed by atoms with Crippen LogP contribution in [0, 0.1) is 0 Å². The summed E-state index contributed by atoms with van der Waals surface area (Å²) < 4.78 is 5.34. The summed E-state index contributed by atoms with van der Waals surface area (Å²) in [6.45, 7) is 5.85. The van der Waals surface area contributed by atoms with E-state index in [1.807, 2.05) is 37.3 Å². The molecule has 0 bridgehead atoms. The van der Waals surface area contributed by atoms with Crippen LogP contribution in [0.2, 0.25) is 0 Å². The number of aromatic amines is 1. The van der Waals surface area contributed by atoms with Gasteiger partial charge in [-0.2, -0.15) is 0 Å². The van der Waals surface area contributed by atoms with Crippen molar-refractivity contribution in [3.63, 3.8) is 0 Å². The Hall–Kier alpha value is -2.73. The SMILES string of the molecule is C=CC(Nc1ccc(-c2nc3ncncc3[nH]2)cc1)C(C)OC. The van der Waals surface area contributed by atoms with E-state index in [1.165, 1.54) is 6.33 Å². The molecule has 23 heavy (non-hydrogen) atoms. The van der Waals surface area contributed by atoms with Gasteiger partial charge in [0.1, 0.15) is 17.7 Å². The van der Waals surface area contributed by atoms with Crippen LogP contribution in [0.15, 0.2) is 49.4 Å². The molecule has 0 aliphatic rings. The molecule has 0 aliphatic carbocycles. The first-order valence-electron chi connectivity index (χ1n) is 7.39. The van der Waals surface area contributed by atoms with Crippen LogP contribution in [0.1, 0.15) is 6.92 Å². The quantitative estimate of drug-likeness (QED) is 0.685. The fourth-order valence-electron chi connectivity index (χ4n) is 2.33. The number of imidazole rings is 1. The number of hydrogen-bond donors (Lipinski definition) is 2. The summed E-state index contributed by atoms with van der Waals surface area (Å²) >= 11 is 0. The van der Waals surface area contributed by atoms with E-state index in [-0.39, 0.29) is 12.1 Å². The van der Waals surface area contributed by atoms with Gasteiger partial charge >= 0.3 is 0 Å². The number of fused-ring (bicyclic) bond motifs is 1. The molecule has 3 aromatic rings. The van der Waals surface area contributed by atoms with Crippen molar-refractivity contribution >= 4 is 16.9 Å². The highest BCUT2D eigenvalue weighted by atomic mass is 16.5. The molecular formula is C17H19N5O. The summed E-state index contributed by atoms with van der Waals surface area (Å²) in [5.41, 5.74) is 3.48. The number of nitrogens with one attached hydrogen (secondary N) is 2. The van der Waals surface area contributed by atoms with Crippen LogP contribution in [0.25, 0.3) is 22.6 Å². The second-order valence-electron chi connectivity index (χ2n) is 5.27. The number of hydrogen-bond acceptors (Lipinski definition) is 5. The van der Waals surface area contributed by atoms with Crippen molar-refractivity contribution in [1.82, 2.24) is 19.9 Å². The molecule has 2 unspecified atom stereocenters. The normalized spacial score (nSPS) is 13.7. The molecule has 0 saturated heterocycles. The Kier molecular flexibility index (Phi) is 4.34. The number of H-pyrrole nitrogens is 1. The highest BCUT2D eigenvalue weighted by Gasteiger charge is 2.13. The number of methoxy groups -OCH3 is 1. The Morgan fingerprint density at radius 3 is 2.74 bits per heavy atom. The van der Waals surface area contributed by atoms with Gasteiger partial charge in [-0.15, -0.1) is 6.58 Å². The summed E-state index contributed by atoms with van der Waals surface area (Å²) in [4.78, 5) is 15.8. The first-order chi connectivity index (χ1) is 11.2. The van der Waals surface area contributed by atoms with Gasteiger partial charge in [-0.1, -0.05) is 6.08 Å². The van der Waals surface area contributed by atoms with E-state index in [0.717, 1.165) is 22.6 Å². The monoisotopic (exact) mass is 309 g/mol. The molecule has 0 amide bonds. The number of anilines is 1. The Morgan fingerprint density at radius 2 is 2.09 bits per heavy atom. The summed E-state index contributed by atoms with van der Waals surface area (Å²) in [5.74, 6) is 0.776. The van der Waals surface area contributed by atoms with Crippen molar-refractivity contribution in [3.05, 3.63) is 49.4 Å². The summed E-state index contributed by atoms with van der Waals surface area (Å²) in [7, 11) is 1.69. The largest absolute Gasteiger partial charge is 0.379 e.